The van der Waals surface area contributed by atoms with E-state index in [1.807, 2.05) is 0 Å². The molecular weight excluding hydrogens is 240 g/mol. The van der Waals surface area contributed by atoms with Crippen molar-refractivity contribution >= 4 is 5.97 Å². The first-order chi connectivity index (χ1) is 9.16. The van der Waals surface area contributed by atoms with E-state index in [1.54, 1.807) is 0 Å². The first-order valence-electron chi connectivity index (χ1n) is 7.83. The molecule has 3 atom stereocenters. The van der Waals surface area contributed by atoms with E-state index >= 15 is 0 Å². The third-order valence-electron chi connectivity index (χ3n) is 4.86. The van der Waals surface area contributed by atoms with Gasteiger partial charge < -0.3 is 15.3 Å². The molecule has 0 bridgehead atoms. The lowest BCUT2D eigenvalue weighted by atomic mass is 9.85. The molecule has 2 rings (SSSR count). The van der Waals surface area contributed by atoms with Gasteiger partial charge in [0.1, 0.15) is 0 Å². The average molecular weight is 268 g/mol. The highest BCUT2D eigenvalue weighted by Crippen LogP contribution is 2.24. The number of hydrogen-bond donors (Lipinski definition) is 2. The molecule has 2 fully saturated rings. The van der Waals surface area contributed by atoms with Crippen LogP contribution in [0.2, 0.25) is 0 Å². The normalized spacial score (nSPS) is 33.2. The molecule has 110 valence electrons. The van der Waals surface area contributed by atoms with Crippen LogP contribution in [0.25, 0.3) is 0 Å². The van der Waals surface area contributed by atoms with Crippen molar-refractivity contribution in [1.82, 2.24) is 10.2 Å². The van der Waals surface area contributed by atoms with Gasteiger partial charge in [0.05, 0.1) is 5.92 Å². The Labute approximate surface area is 116 Å². The fourth-order valence-electron chi connectivity index (χ4n) is 3.56. The SMILES string of the molecule is CN1CCCCC1CCNC1CCCC(C(=O)O)C1. The van der Waals surface area contributed by atoms with Crippen LogP contribution in [-0.4, -0.2) is 48.2 Å². The molecule has 0 radical (unpaired) electrons. The lowest BCUT2D eigenvalue weighted by Crippen LogP contribution is -2.41. The van der Waals surface area contributed by atoms with Crippen LogP contribution < -0.4 is 5.32 Å². The summed E-state index contributed by atoms with van der Waals surface area (Å²) >= 11 is 0. The summed E-state index contributed by atoms with van der Waals surface area (Å²) in [6, 6.07) is 1.14. The molecule has 1 saturated carbocycles. The van der Waals surface area contributed by atoms with Crippen LogP contribution in [-0.2, 0) is 4.79 Å². The second-order valence-corrected chi connectivity index (χ2v) is 6.27. The number of hydrogen-bond acceptors (Lipinski definition) is 3. The topological polar surface area (TPSA) is 52.6 Å². The van der Waals surface area contributed by atoms with E-state index < -0.39 is 5.97 Å². The molecule has 2 aliphatic rings. The van der Waals surface area contributed by atoms with Crippen LogP contribution in [0.15, 0.2) is 0 Å². The zero-order valence-corrected chi connectivity index (χ0v) is 12.1. The largest absolute Gasteiger partial charge is 0.481 e. The molecule has 0 aromatic rings. The summed E-state index contributed by atoms with van der Waals surface area (Å²) in [4.78, 5) is 13.5. The van der Waals surface area contributed by atoms with E-state index in [2.05, 4.69) is 17.3 Å². The van der Waals surface area contributed by atoms with Gasteiger partial charge in [0.25, 0.3) is 0 Å². The summed E-state index contributed by atoms with van der Waals surface area (Å²) in [6.45, 7) is 2.27. The Kier molecular flexibility index (Phi) is 5.64. The van der Waals surface area contributed by atoms with Gasteiger partial charge in [-0.3, -0.25) is 4.79 Å². The number of carboxylic acids is 1. The fraction of sp³-hybridized carbons (Fsp3) is 0.933. The molecule has 19 heavy (non-hydrogen) atoms. The summed E-state index contributed by atoms with van der Waals surface area (Å²) in [5.74, 6) is -0.734. The number of nitrogens with zero attached hydrogens (tertiary/aromatic N) is 1. The monoisotopic (exact) mass is 268 g/mol. The molecular formula is C15H28N2O2. The fourth-order valence-corrected chi connectivity index (χ4v) is 3.56. The summed E-state index contributed by atoms with van der Waals surface area (Å²) in [6.07, 6.45) is 9.09. The predicted octanol–water partition coefficient (Wildman–Crippen LogP) is 2.09. The van der Waals surface area contributed by atoms with Crippen molar-refractivity contribution in [3.05, 3.63) is 0 Å². The summed E-state index contributed by atoms with van der Waals surface area (Å²) in [7, 11) is 2.23. The van der Waals surface area contributed by atoms with E-state index in [4.69, 9.17) is 5.11 Å². The summed E-state index contributed by atoms with van der Waals surface area (Å²) in [5, 5.41) is 12.7. The van der Waals surface area contributed by atoms with Crippen molar-refractivity contribution in [3.63, 3.8) is 0 Å². The van der Waals surface area contributed by atoms with Gasteiger partial charge in [-0.1, -0.05) is 12.8 Å². The van der Waals surface area contributed by atoms with Gasteiger partial charge in [0.2, 0.25) is 0 Å². The maximum atomic E-state index is 11.0. The van der Waals surface area contributed by atoms with Gasteiger partial charge in [-0.2, -0.15) is 0 Å². The van der Waals surface area contributed by atoms with Crippen molar-refractivity contribution in [2.45, 2.75) is 63.5 Å². The number of piperidine rings is 1. The average Bonchev–Trinajstić information content (AvgIpc) is 2.41. The van der Waals surface area contributed by atoms with E-state index in [-0.39, 0.29) is 5.92 Å². The minimum absolute atomic E-state index is 0.122. The molecule has 4 heteroatoms. The molecule has 1 saturated heterocycles. The minimum atomic E-state index is -0.612. The van der Waals surface area contributed by atoms with Crippen LogP contribution in [0.3, 0.4) is 0 Å². The Morgan fingerprint density at radius 2 is 2.11 bits per heavy atom. The van der Waals surface area contributed by atoms with Crippen molar-refractivity contribution in [2.24, 2.45) is 5.92 Å². The lowest BCUT2D eigenvalue weighted by Gasteiger charge is -2.33. The lowest BCUT2D eigenvalue weighted by molar-refractivity contribution is -0.143. The molecule has 0 aromatic carbocycles. The Morgan fingerprint density at radius 1 is 1.26 bits per heavy atom. The van der Waals surface area contributed by atoms with Gasteiger partial charge in [0, 0.05) is 12.1 Å². The maximum Gasteiger partial charge on any atom is 0.306 e. The van der Waals surface area contributed by atoms with Gasteiger partial charge in [-0.15, -0.1) is 0 Å². The van der Waals surface area contributed by atoms with Crippen LogP contribution in [0, 0.1) is 5.92 Å². The summed E-state index contributed by atoms with van der Waals surface area (Å²) in [5.41, 5.74) is 0. The number of carbonyl (C=O) groups is 1. The molecule has 4 nitrogen and oxygen atoms in total. The molecule has 2 N–H and O–H groups in total. The molecule has 0 aromatic heterocycles. The predicted molar refractivity (Wildman–Crippen MR) is 76.3 cm³/mol. The Morgan fingerprint density at radius 3 is 2.84 bits per heavy atom. The zero-order valence-electron chi connectivity index (χ0n) is 12.1. The van der Waals surface area contributed by atoms with Gasteiger partial charge >= 0.3 is 5.97 Å². The summed E-state index contributed by atoms with van der Waals surface area (Å²) < 4.78 is 0. The Bertz CT molecular complexity index is 296. The van der Waals surface area contributed by atoms with Crippen LogP contribution in [0.5, 0.6) is 0 Å². The number of likely N-dealkylation sites (tertiary alicyclic amines) is 1. The van der Waals surface area contributed by atoms with Gasteiger partial charge in [-0.05, 0) is 58.7 Å². The Hall–Kier alpha value is -0.610. The second kappa shape index (κ2) is 7.25. The molecule has 1 aliphatic heterocycles. The van der Waals surface area contributed by atoms with Crippen molar-refractivity contribution < 1.29 is 9.90 Å². The molecule has 0 amide bonds. The second-order valence-electron chi connectivity index (χ2n) is 6.27. The van der Waals surface area contributed by atoms with Crippen LogP contribution in [0.1, 0.15) is 51.4 Å². The van der Waals surface area contributed by atoms with E-state index in [1.165, 1.54) is 32.2 Å². The van der Waals surface area contributed by atoms with Crippen molar-refractivity contribution in [2.75, 3.05) is 20.1 Å². The number of aliphatic carboxylic acids is 1. The van der Waals surface area contributed by atoms with Crippen LogP contribution in [0.4, 0.5) is 0 Å². The zero-order chi connectivity index (χ0) is 13.7. The quantitative estimate of drug-likeness (QED) is 0.801. The van der Waals surface area contributed by atoms with E-state index in [0.29, 0.717) is 6.04 Å². The molecule has 3 unspecified atom stereocenters. The number of nitrogens with one attached hydrogen (secondary N) is 1. The first-order valence-corrected chi connectivity index (χ1v) is 7.83. The smallest absolute Gasteiger partial charge is 0.306 e. The molecule has 0 spiro atoms. The maximum absolute atomic E-state index is 11.0. The Balaban J connectivity index is 1.66. The highest BCUT2D eigenvalue weighted by Gasteiger charge is 2.26. The minimum Gasteiger partial charge on any atom is -0.481 e. The highest BCUT2D eigenvalue weighted by molar-refractivity contribution is 5.70. The first kappa shape index (κ1) is 14.8. The van der Waals surface area contributed by atoms with Gasteiger partial charge in [0.15, 0.2) is 0 Å². The standard InChI is InChI=1S/C15H28N2O2/c1-17-10-3-2-7-14(17)8-9-16-13-6-4-5-12(11-13)15(18)19/h12-14,16H,2-11H2,1H3,(H,18,19). The third kappa shape index (κ3) is 4.46. The van der Waals surface area contributed by atoms with Gasteiger partial charge in [-0.25, -0.2) is 0 Å². The van der Waals surface area contributed by atoms with Crippen molar-refractivity contribution in [3.8, 4) is 0 Å². The third-order valence-corrected chi connectivity index (χ3v) is 4.86. The van der Waals surface area contributed by atoms with Crippen molar-refractivity contribution in [1.29, 1.82) is 0 Å². The number of rotatable bonds is 5. The number of carboxylic acid groups (broad SMARTS) is 1. The van der Waals surface area contributed by atoms with Crippen LogP contribution >= 0.6 is 0 Å². The molecule has 1 aliphatic carbocycles. The van der Waals surface area contributed by atoms with E-state index in [0.717, 1.165) is 38.3 Å². The highest BCUT2D eigenvalue weighted by atomic mass is 16.4. The molecule has 1 heterocycles. The van der Waals surface area contributed by atoms with E-state index in [9.17, 15) is 4.79 Å².